The molecule has 1 aromatic heterocycles. The van der Waals surface area contributed by atoms with Crippen LogP contribution in [0.15, 0.2) is 18.3 Å². The Morgan fingerprint density at radius 2 is 2.38 bits per heavy atom. The monoisotopic (exact) mass is 219 g/mol. The summed E-state index contributed by atoms with van der Waals surface area (Å²) >= 11 is 0. The second-order valence-corrected chi connectivity index (χ2v) is 4.58. The number of anilines is 1. The van der Waals surface area contributed by atoms with Crippen molar-refractivity contribution in [1.82, 2.24) is 9.88 Å². The highest BCUT2D eigenvalue weighted by molar-refractivity contribution is 5.42. The van der Waals surface area contributed by atoms with Crippen LogP contribution >= 0.6 is 0 Å². The molecule has 0 aromatic carbocycles. The lowest BCUT2D eigenvalue weighted by atomic mass is 10.0. The molecule has 0 radical (unpaired) electrons. The Morgan fingerprint density at radius 1 is 1.50 bits per heavy atom. The Labute approximate surface area is 97.9 Å². The van der Waals surface area contributed by atoms with Crippen LogP contribution in [0.4, 0.5) is 5.82 Å². The highest BCUT2D eigenvalue weighted by Gasteiger charge is 2.19. The second kappa shape index (κ2) is 5.30. The summed E-state index contributed by atoms with van der Waals surface area (Å²) < 4.78 is 0. The Bertz CT molecular complexity index is 338. The van der Waals surface area contributed by atoms with Gasteiger partial charge in [0.15, 0.2) is 0 Å². The van der Waals surface area contributed by atoms with Crippen LogP contribution in [0.5, 0.6) is 0 Å². The molecule has 1 aromatic rings. The van der Waals surface area contributed by atoms with Gasteiger partial charge in [-0.05, 0) is 32.4 Å². The van der Waals surface area contributed by atoms with Crippen LogP contribution in [0.2, 0.25) is 0 Å². The quantitative estimate of drug-likeness (QED) is 0.846. The molecule has 1 aliphatic heterocycles. The van der Waals surface area contributed by atoms with Crippen LogP contribution in [-0.4, -0.2) is 29.5 Å². The predicted molar refractivity (Wildman–Crippen MR) is 67.5 cm³/mol. The summed E-state index contributed by atoms with van der Waals surface area (Å²) in [6, 6.07) is 4.89. The minimum absolute atomic E-state index is 0.707. The van der Waals surface area contributed by atoms with Crippen molar-refractivity contribution < 1.29 is 0 Å². The zero-order valence-electron chi connectivity index (χ0n) is 10.2. The molecular weight excluding hydrogens is 198 g/mol. The van der Waals surface area contributed by atoms with Crippen LogP contribution in [0.3, 0.4) is 0 Å². The van der Waals surface area contributed by atoms with Gasteiger partial charge in [-0.2, -0.15) is 0 Å². The van der Waals surface area contributed by atoms with Gasteiger partial charge in [-0.1, -0.05) is 12.5 Å². The third-order valence-corrected chi connectivity index (χ3v) is 3.44. The van der Waals surface area contributed by atoms with Gasteiger partial charge in [0, 0.05) is 31.4 Å². The summed E-state index contributed by atoms with van der Waals surface area (Å²) in [7, 11) is 1.94. The van der Waals surface area contributed by atoms with Crippen LogP contribution in [0, 0.1) is 0 Å². The van der Waals surface area contributed by atoms with Gasteiger partial charge in [0.2, 0.25) is 0 Å². The average Bonchev–Trinajstić information content (AvgIpc) is 2.33. The maximum atomic E-state index is 4.35. The summed E-state index contributed by atoms with van der Waals surface area (Å²) in [5, 5.41) is 3.16. The lowest BCUT2D eigenvalue weighted by Crippen LogP contribution is -2.36. The fraction of sp³-hybridized carbons (Fsp3) is 0.615. The third kappa shape index (κ3) is 2.53. The summed E-state index contributed by atoms with van der Waals surface area (Å²) in [5.74, 6) is 1.01. The molecule has 3 nitrogen and oxygen atoms in total. The summed E-state index contributed by atoms with van der Waals surface area (Å²) in [5.41, 5.74) is 1.30. The van der Waals surface area contributed by atoms with Gasteiger partial charge in [0.1, 0.15) is 5.82 Å². The fourth-order valence-electron chi connectivity index (χ4n) is 2.40. The first-order chi connectivity index (χ1) is 7.81. The number of rotatable bonds is 3. The van der Waals surface area contributed by atoms with Crippen molar-refractivity contribution in [3.05, 3.63) is 23.9 Å². The molecule has 1 N–H and O–H groups in total. The van der Waals surface area contributed by atoms with E-state index >= 15 is 0 Å². The lowest BCUT2D eigenvalue weighted by Gasteiger charge is -2.33. The van der Waals surface area contributed by atoms with Gasteiger partial charge in [0.05, 0.1) is 0 Å². The zero-order chi connectivity index (χ0) is 11.4. The summed E-state index contributed by atoms with van der Waals surface area (Å²) in [4.78, 5) is 6.91. The predicted octanol–water partition coefficient (Wildman–Crippen LogP) is 2.50. The molecular formula is C13H21N3. The molecule has 1 saturated heterocycles. The average molecular weight is 219 g/mol. The van der Waals surface area contributed by atoms with E-state index in [1.165, 1.54) is 31.4 Å². The van der Waals surface area contributed by atoms with Crippen LogP contribution in [0.25, 0.3) is 0 Å². The van der Waals surface area contributed by atoms with E-state index in [4.69, 9.17) is 0 Å². The van der Waals surface area contributed by atoms with Crippen molar-refractivity contribution in [3.8, 4) is 0 Å². The molecule has 1 aliphatic rings. The molecule has 0 aliphatic carbocycles. The molecule has 0 bridgehead atoms. The zero-order valence-corrected chi connectivity index (χ0v) is 10.2. The molecule has 1 unspecified atom stereocenters. The van der Waals surface area contributed by atoms with Crippen LogP contribution in [0.1, 0.15) is 31.7 Å². The first kappa shape index (κ1) is 11.4. The van der Waals surface area contributed by atoms with E-state index in [2.05, 4.69) is 28.2 Å². The molecule has 1 fully saturated rings. The summed E-state index contributed by atoms with van der Waals surface area (Å²) in [6.07, 6.45) is 5.88. The molecule has 2 rings (SSSR count). The number of piperidine rings is 1. The number of nitrogens with zero attached hydrogens (tertiary/aromatic N) is 2. The smallest absolute Gasteiger partial charge is 0.130 e. The van der Waals surface area contributed by atoms with Crippen molar-refractivity contribution in [2.75, 3.05) is 18.9 Å². The van der Waals surface area contributed by atoms with Gasteiger partial charge in [-0.15, -0.1) is 0 Å². The molecule has 3 heteroatoms. The maximum absolute atomic E-state index is 4.35. The second-order valence-electron chi connectivity index (χ2n) is 4.58. The molecule has 1 atom stereocenters. The largest absolute Gasteiger partial charge is 0.373 e. The Kier molecular flexibility index (Phi) is 3.78. The normalized spacial score (nSPS) is 22.0. The molecule has 0 spiro atoms. The fourth-order valence-corrected chi connectivity index (χ4v) is 2.40. The number of likely N-dealkylation sites (tertiary alicyclic amines) is 1. The standard InChI is InChI=1S/C13H21N3/c1-11-6-3-4-9-16(11)10-12-7-5-8-15-13(12)14-2/h5,7-8,11H,3-4,6,9-10H2,1-2H3,(H,14,15). The number of nitrogens with one attached hydrogen (secondary N) is 1. The van der Waals surface area contributed by atoms with Crippen LogP contribution < -0.4 is 5.32 Å². The van der Waals surface area contributed by atoms with E-state index in [1.807, 2.05) is 19.3 Å². The minimum atomic E-state index is 0.707. The highest BCUT2D eigenvalue weighted by Crippen LogP contribution is 2.21. The Hall–Kier alpha value is -1.09. The van der Waals surface area contributed by atoms with E-state index < -0.39 is 0 Å². The van der Waals surface area contributed by atoms with Gasteiger partial charge in [-0.3, -0.25) is 4.90 Å². The van der Waals surface area contributed by atoms with Crippen LogP contribution in [-0.2, 0) is 6.54 Å². The minimum Gasteiger partial charge on any atom is -0.373 e. The van der Waals surface area contributed by atoms with E-state index in [0.717, 1.165) is 12.4 Å². The van der Waals surface area contributed by atoms with Gasteiger partial charge >= 0.3 is 0 Å². The maximum Gasteiger partial charge on any atom is 0.130 e. The first-order valence-electron chi connectivity index (χ1n) is 6.17. The topological polar surface area (TPSA) is 28.2 Å². The van der Waals surface area contributed by atoms with Crippen molar-refractivity contribution in [1.29, 1.82) is 0 Å². The number of pyridine rings is 1. The Balaban J connectivity index is 2.07. The van der Waals surface area contributed by atoms with E-state index in [0.29, 0.717) is 6.04 Å². The van der Waals surface area contributed by atoms with E-state index in [9.17, 15) is 0 Å². The molecule has 16 heavy (non-hydrogen) atoms. The SMILES string of the molecule is CNc1ncccc1CN1CCCCC1C. The van der Waals surface area contributed by atoms with E-state index in [-0.39, 0.29) is 0 Å². The lowest BCUT2D eigenvalue weighted by molar-refractivity contribution is 0.153. The highest BCUT2D eigenvalue weighted by atomic mass is 15.2. The molecule has 2 heterocycles. The van der Waals surface area contributed by atoms with Gasteiger partial charge < -0.3 is 5.32 Å². The van der Waals surface area contributed by atoms with Crippen molar-refractivity contribution in [2.24, 2.45) is 0 Å². The van der Waals surface area contributed by atoms with Crippen molar-refractivity contribution >= 4 is 5.82 Å². The molecule has 0 amide bonds. The van der Waals surface area contributed by atoms with Crippen molar-refractivity contribution in [2.45, 2.75) is 38.8 Å². The van der Waals surface area contributed by atoms with Crippen molar-refractivity contribution in [3.63, 3.8) is 0 Å². The number of hydrogen-bond acceptors (Lipinski definition) is 3. The summed E-state index contributed by atoms with van der Waals surface area (Å²) in [6.45, 7) is 4.57. The van der Waals surface area contributed by atoms with Gasteiger partial charge in [-0.25, -0.2) is 4.98 Å². The third-order valence-electron chi connectivity index (χ3n) is 3.44. The van der Waals surface area contributed by atoms with Gasteiger partial charge in [0.25, 0.3) is 0 Å². The Morgan fingerprint density at radius 3 is 3.12 bits per heavy atom. The molecule has 88 valence electrons. The molecule has 0 saturated carbocycles. The number of aromatic nitrogens is 1. The number of hydrogen-bond donors (Lipinski definition) is 1. The first-order valence-corrected chi connectivity index (χ1v) is 6.17. The van der Waals surface area contributed by atoms with E-state index in [1.54, 1.807) is 0 Å².